The molecule has 0 bridgehead atoms. The van der Waals surface area contributed by atoms with Crippen LogP contribution in [0.25, 0.3) is 0 Å². The first kappa shape index (κ1) is 17.7. The monoisotopic (exact) mass is 275 g/mol. The van der Waals surface area contributed by atoms with E-state index in [0.717, 1.165) is 6.54 Å². The predicted molar refractivity (Wildman–Crippen MR) is 72.2 cm³/mol. The molecule has 2 unspecified atom stereocenters. The average molecular weight is 275 g/mol. The van der Waals surface area contributed by atoms with E-state index in [2.05, 4.69) is 5.32 Å². The van der Waals surface area contributed by atoms with Crippen LogP contribution >= 0.6 is 0 Å². The van der Waals surface area contributed by atoms with E-state index in [1.165, 1.54) is 7.11 Å². The Morgan fingerprint density at radius 1 is 1.37 bits per heavy atom. The van der Waals surface area contributed by atoms with Gasteiger partial charge in [-0.2, -0.15) is 0 Å². The lowest BCUT2D eigenvalue weighted by Crippen LogP contribution is -2.50. The summed E-state index contributed by atoms with van der Waals surface area (Å²) < 4.78 is 4.76. The molecule has 0 rings (SSSR count). The number of carbonyl (C=O) groups excluding carboxylic acids is 1. The van der Waals surface area contributed by atoms with E-state index in [1.54, 1.807) is 4.90 Å². The molecule has 0 aromatic rings. The molecule has 2 amide bonds. The molecule has 2 N–H and O–H groups in total. The number of aliphatic carboxylic acids is 1. The van der Waals surface area contributed by atoms with Gasteiger partial charge in [-0.3, -0.25) is 0 Å². The van der Waals surface area contributed by atoms with Gasteiger partial charge in [0.1, 0.15) is 0 Å². The second kappa shape index (κ2) is 8.71. The number of carbonyl (C=O) groups is 2. The van der Waals surface area contributed by atoms with E-state index in [-0.39, 0.29) is 18.6 Å². The Balaban J connectivity index is 4.39. The van der Waals surface area contributed by atoms with E-state index in [9.17, 15) is 9.59 Å². The maximum atomic E-state index is 12.0. The van der Waals surface area contributed by atoms with Gasteiger partial charge in [0.25, 0.3) is 0 Å². The van der Waals surface area contributed by atoms with Gasteiger partial charge in [0.15, 0.2) is 6.10 Å². The molecule has 7 nitrogen and oxygen atoms in total. The second-order valence-corrected chi connectivity index (χ2v) is 4.65. The fraction of sp³-hybridized carbons (Fsp3) is 0.833. The number of ether oxygens (including phenoxy) is 1. The molecule has 0 heterocycles. The molecular weight excluding hydrogens is 250 g/mol. The van der Waals surface area contributed by atoms with Gasteiger partial charge in [-0.25, -0.2) is 9.59 Å². The van der Waals surface area contributed by atoms with Crippen LogP contribution in [0.2, 0.25) is 0 Å². The zero-order valence-electron chi connectivity index (χ0n) is 12.3. The third-order valence-corrected chi connectivity index (χ3v) is 2.76. The van der Waals surface area contributed by atoms with Gasteiger partial charge in [-0.05, 0) is 27.9 Å². The minimum atomic E-state index is -1.09. The lowest BCUT2D eigenvalue weighted by atomic mass is 10.2. The molecule has 0 aliphatic rings. The summed E-state index contributed by atoms with van der Waals surface area (Å²) in [7, 11) is 5.18. The van der Waals surface area contributed by atoms with Crippen LogP contribution in [-0.4, -0.2) is 79.9 Å². The highest BCUT2D eigenvalue weighted by molar-refractivity contribution is 5.77. The maximum absolute atomic E-state index is 12.0. The van der Waals surface area contributed by atoms with Crippen LogP contribution in [0.5, 0.6) is 0 Å². The number of likely N-dealkylation sites (N-methyl/N-ethyl adjacent to an activating group) is 2. The Labute approximate surface area is 114 Å². The van der Waals surface area contributed by atoms with Crippen molar-refractivity contribution < 1.29 is 19.4 Å². The minimum absolute atomic E-state index is 0.0458. The van der Waals surface area contributed by atoms with Crippen LogP contribution in [0.4, 0.5) is 4.79 Å². The molecule has 112 valence electrons. The van der Waals surface area contributed by atoms with Crippen molar-refractivity contribution >= 4 is 12.0 Å². The Morgan fingerprint density at radius 2 is 1.95 bits per heavy atom. The van der Waals surface area contributed by atoms with Gasteiger partial charge in [-0.1, -0.05) is 0 Å². The van der Waals surface area contributed by atoms with Gasteiger partial charge < -0.3 is 25.0 Å². The van der Waals surface area contributed by atoms with Crippen molar-refractivity contribution in [3.63, 3.8) is 0 Å². The molecule has 0 saturated carbocycles. The first-order valence-electron chi connectivity index (χ1n) is 6.28. The molecule has 0 radical (unpaired) electrons. The van der Waals surface area contributed by atoms with Crippen molar-refractivity contribution in [3.8, 4) is 0 Å². The standard InChI is InChI=1S/C12H25N3O4/c1-6-15(9(2)8-14(3)4)12(18)13-7-10(19-5)11(16)17/h9-10H,6-8H2,1-5H3,(H,13,18)(H,16,17). The average Bonchev–Trinajstić information content (AvgIpc) is 2.29. The van der Waals surface area contributed by atoms with Crippen molar-refractivity contribution in [2.24, 2.45) is 0 Å². The summed E-state index contributed by atoms with van der Waals surface area (Å²) >= 11 is 0. The Bertz CT molecular complexity index is 297. The minimum Gasteiger partial charge on any atom is -0.479 e. The van der Waals surface area contributed by atoms with Crippen LogP contribution in [-0.2, 0) is 9.53 Å². The summed E-state index contributed by atoms with van der Waals surface area (Å²) in [5.74, 6) is -1.09. The fourth-order valence-electron chi connectivity index (χ4n) is 1.84. The molecule has 0 spiro atoms. The van der Waals surface area contributed by atoms with Gasteiger partial charge in [0, 0.05) is 26.2 Å². The zero-order chi connectivity index (χ0) is 15.0. The number of nitrogens with one attached hydrogen (secondary N) is 1. The van der Waals surface area contributed by atoms with E-state index in [1.807, 2.05) is 32.8 Å². The highest BCUT2D eigenvalue weighted by Gasteiger charge is 2.22. The van der Waals surface area contributed by atoms with E-state index in [0.29, 0.717) is 6.54 Å². The maximum Gasteiger partial charge on any atom is 0.334 e. The largest absolute Gasteiger partial charge is 0.479 e. The number of rotatable bonds is 8. The molecule has 19 heavy (non-hydrogen) atoms. The molecule has 2 atom stereocenters. The molecule has 0 aliphatic heterocycles. The number of hydrogen-bond acceptors (Lipinski definition) is 4. The predicted octanol–water partition coefficient (Wildman–Crippen LogP) is 0.0676. The van der Waals surface area contributed by atoms with E-state index < -0.39 is 12.1 Å². The van der Waals surface area contributed by atoms with E-state index >= 15 is 0 Å². The first-order chi connectivity index (χ1) is 8.83. The van der Waals surface area contributed by atoms with Crippen molar-refractivity contribution in [1.82, 2.24) is 15.1 Å². The molecule has 0 saturated heterocycles. The van der Waals surface area contributed by atoms with Crippen LogP contribution in [0.3, 0.4) is 0 Å². The van der Waals surface area contributed by atoms with Crippen LogP contribution in [0, 0.1) is 0 Å². The lowest BCUT2D eigenvalue weighted by molar-refractivity contribution is -0.148. The number of amides is 2. The molecule has 0 fully saturated rings. The molecule has 0 aromatic carbocycles. The Kier molecular flexibility index (Phi) is 8.09. The Morgan fingerprint density at radius 3 is 2.32 bits per heavy atom. The van der Waals surface area contributed by atoms with Crippen LogP contribution in [0.15, 0.2) is 0 Å². The van der Waals surface area contributed by atoms with Gasteiger partial charge in [-0.15, -0.1) is 0 Å². The molecule has 7 heteroatoms. The van der Waals surface area contributed by atoms with Gasteiger partial charge in [0.2, 0.25) is 0 Å². The summed E-state index contributed by atoms with van der Waals surface area (Å²) in [4.78, 5) is 26.4. The summed E-state index contributed by atoms with van der Waals surface area (Å²) in [5, 5.41) is 11.4. The quantitative estimate of drug-likeness (QED) is 0.655. The molecule has 0 aromatic heterocycles. The summed E-state index contributed by atoms with van der Waals surface area (Å²) in [6, 6.07) is -0.231. The zero-order valence-corrected chi connectivity index (χ0v) is 12.3. The van der Waals surface area contributed by atoms with Crippen LogP contribution in [0.1, 0.15) is 13.8 Å². The second-order valence-electron chi connectivity index (χ2n) is 4.65. The highest BCUT2D eigenvalue weighted by Crippen LogP contribution is 2.01. The summed E-state index contributed by atoms with van der Waals surface area (Å²) in [5.41, 5.74) is 0. The highest BCUT2D eigenvalue weighted by atomic mass is 16.5. The number of methoxy groups -OCH3 is 1. The normalized spacial score (nSPS) is 14.0. The smallest absolute Gasteiger partial charge is 0.334 e. The Hall–Kier alpha value is -1.34. The molecular formula is C12H25N3O4. The fourth-order valence-corrected chi connectivity index (χ4v) is 1.84. The van der Waals surface area contributed by atoms with Crippen molar-refractivity contribution in [2.75, 3.05) is 40.8 Å². The van der Waals surface area contributed by atoms with Crippen LogP contribution < -0.4 is 5.32 Å². The number of carboxylic acids is 1. The molecule has 0 aliphatic carbocycles. The topological polar surface area (TPSA) is 82.1 Å². The number of carboxylic acid groups (broad SMARTS) is 1. The number of hydrogen-bond donors (Lipinski definition) is 2. The van der Waals surface area contributed by atoms with E-state index in [4.69, 9.17) is 9.84 Å². The van der Waals surface area contributed by atoms with Gasteiger partial charge in [0.05, 0.1) is 6.54 Å². The third-order valence-electron chi connectivity index (χ3n) is 2.76. The SMILES string of the molecule is CCN(C(=O)NCC(OC)C(=O)O)C(C)CN(C)C. The third kappa shape index (κ3) is 6.40. The van der Waals surface area contributed by atoms with Crippen molar-refractivity contribution in [2.45, 2.75) is 26.0 Å². The summed E-state index contributed by atoms with van der Waals surface area (Å²) in [6.07, 6.45) is -1.02. The van der Waals surface area contributed by atoms with Crippen molar-refractivity contribution in [1.29, 1.82) is 0 Å². The number of nitrogens with zero attached hydrogens (tertiary/aromatic N) is 2. The lowest BCUT2D eigenvalue weighted by Gasteiger charge is -2.30. The number of urea groups is 1. The van der Waals surface area contributed by atoms with Crippen molar-refractivity contribution in [3.05, 3.63) is 0 Å². The summed E-state index contributed by atoms with van der Waals surface area (Å²) in [6.45, 7) is 5.10. The van der Waals surface area contributed by atoms with Gasteiger partial charge >= 0.3 is 12.0 Å². The first-order valence-corrected chi connectivity index (χ1v) is 6.28.